The van der Waals surface area contributed by atoms with Crippen LogP contribution >= 0.6 is 0 Å². The van der Waals surface area contributed by atoms with Crippen LogP contribution in [0, 0.1) is 22.7 Å². The Hall–Kier alpha value is -3.61. The Labute approximate surface area is 202 Å². The first-order valence-corrected chi connectivity index (χ1v) is 12.2. The third-order valence-corrected chi connectivity index (χ3v) is 7.84. The van der Waals surface area contributed by atoms with E-state index in [0.29, 0.717) is 17.1 Å². The van der Waals surface area contributed by atoms with Gasteiger partial charge in [-0.15, -0.1) is 15.3 Å². The maximum absolute atomic E-state index is 15.6. The van der Waals surface area contributed by atoms with Crippen LogP contribution in [0.2, 0.25) is 0 Å². The average Bonchev–Trinajstić information content (AvgIpc) is 3.57. The van der Waals surface area contributed by atoms with E-state index in [1.54, 1.807) is 18.3 Å². The van der Waals surface area contributed by atoms with Crippen LogP contribution in [0.15, 0.2) is 30.6 Å². The van der Waals surface area contributed by atoms with Crippen molar-refractivity contribution in [3.8, 4) is 28.9 Å². The van der Waals surface area contributed by atoms with Gasteiger partial charge >= 0.3 is 0 Å². The molecule has 1 aromatic carbocycles. The maximum Gasteiger partial charge on any atom is 0.185 e. The Bertz CT molecular complexity index is 1280. The molecule has 10 heteroatoms. The first kappa shape index (κ1) is 21.9. The molecule has 2 aromatic heterocycles. The molecule has 2 heterocycles. The summed E-state index contributed by atoms with van der Waals surface area (Å²) in [5, 5.41) is 35.9. The summed E-state index contributed by atoms with van der Waals surface area (Å²) in [6.45, 7) is 2.31. The third kappa shape index (κ3) is 3.99. The zero-order valence-electron chi connectivity index (χ0n) is 19.5. The normalized spacial score (nSPS) is 27.9. The summed E-state index contributed by atoms with van der Waals surface area (Å²) in [4.78, 5) is 6.64. The molecule has 3 fully saturated rings. The molecular formula is C25H27FN8O. The lowest BCUT2D eigenvalue weighted by atomic mass is 9.60. The maximum atomic E-state index is 15.6. The van der Waals surface area contributed by atoms with E-state index in [2.05, 4.69) is 37.3 Å². The van der Waals surface area contributed by atoms with Gasteiger partial charge in [0.25, 0.3) is 0 Å². The molecule has 0 radical (unpaired) electrons. The molecule has 0 amide bonds. The number of nitrogens with zero attached hydrogens (tertiary/aromatic N) is 8. The predicted octanol–water partition coefficient (Wildman–Crippen LogP) is 3.97. The highest BCUT2D eigenvalue weighted by Gasteiger charge is 2.50. The van der Waals surface area contributed by atoms with E-state index >= 15 is 4.39 Å². The van der Waals surface area contributed by atoms with Gasteiger partial charge in [-0.3, -0.25) is 0 Å². The van der Waals surface area contributed by atoms with Crippen molar-refractivity contribution in [1.29, 1.82) is 5.26 Å². The number of halogens is 1. The molecule has 0 unspecified atom stereocenters. The van der Waals surface area contributed by atoms with Gasteiger partial charge in [-0.1, -0.05) is 18.6 Å². The zero-order chi connectivity index (χ0) is 24.2. The number of aromatic nitrogens is 6. The number of hydrogen-bond donors (Lipinski definition) is 1. The predicted molar refractivity (Wildman–Crippen MR) is 125 cm³/mol. The Morgan fingerprint density at radius 3 is 2.74 bits per heavy atom. The highest BCUT2D eigenvalue weighted by Crippen LogP contribution is 2.52. The number of nitriles is 1. The number of alkyl halides is 1. The minimum atomic E-state index is -0.861. The molecule has 3 aromatic rings. The second kappa shape index (κ2) is 8.26. The smallest absolute Gasteiger partial charge is 0.185 e. The minimum absolute atomic E-state index is 0.0399. The van der Waals surface area contributed by atoms with Crippen molar-refractivity contribution in [2.45, 2.75) is 70.1 Å². The van der Waals surface area contributed by atoms with E-state index in [-0.39, 0.29) is 40.7 Å². The van der Waals surface area contributed by atoms with Crippen LogP contribution in [0.5, 0.6) is 5.75 Å². The van der Waals surface area contributed by atoms with Crippen molar-refractivity contribution < 1.29 is 9.50 Å². The van der Waals surface area contributed by atoms with Gasteiger partial charge in [-0.25, -0.2) is 14.1 Å². The summed E-state index contributed by atoms with van der Waals surface area (Å²) in [5.41, 5.74) is 1.35. The summed E-state index contributed by atoms with van der Waals surface area (Å²) in [5.74, 6) is 0.977. The molecule has 9 nitrogen and oxygen atoms in total. The molecule has 0 saturated heterocycles. The number of phenolic OH excluding ortho intramolecular Hbond substituents is 1. The van der Waals surface area contributed by atoms with Gasteiger partial charge in [-0.05, 0) is 62.0 Å². The van der Waals surface area contributed by atoms with Crippen molar-refractivity contribution in [1.82, 2.24) is 30.2 Å². The van der Waals surface area contributed by atoms with Crippen LogP contribution in [0.3, 0.4) is 0 Å². The van der Waals surface area contributed by atoms with Crippen LogP contribution in [0.4, 0.5) is 10.2 Å². The van der Waals surface area contributed by atoms with Crippen molar-refractivity contribution in [2.75, 3.05) is 4.90 Å². The molecule has 180 valence electrons. The summed E-state index contributed by atoms with van der Waals surface area (Å²) in [6, 6.07) is 6.93. The van der Waals surface area contributed by atoms with Crippen LogP contribution in [-0.4, -0.2) is 53.5 Å². The van der Waals surface area contributed by atoms with E-state index in [0.717, 1.165) is 44.9 Å². The summed E-state index contributed by atoms with van der Waals surface area (Å²) in [6.07, 6.45) is 9.41. The first-order chi connectivity index (χ1) is 16.9. The van der Waals surface area contributed by atoms with Gasteiger partial charge in [0.1, 0.15) is 18.0 Å². The number of fused-ring (bicyclic) bond motifs is 2. The lowest BCUT2D eigenvalue weighted by Crippen LogP contribution is -2.54. The van der Waals surface area contributed by atoms with Crippen molar-refractivity contribution in [2.24, 2.45) is 11.3 Å². The second-order valence-electron chi connectivity index (χ2n) is 10.5. The second-order valence-corrected chi connectivity index (χ2v) is 10.5. The highest BCUT2D eigenvalue weighted by molar-refractivity contribution is 5.66. The van der Waals surface area contributed by atoms with E-state index < -0.39 is 6.17 Å². The fourth-order valence-electron chi connectivity index (χ4n) is 6.05. The van der Waals surface area contributed by atoms with Crippen LogP contribution in [0.1, 0.15) is 57.6 Å². The Morgan fingerprint density at radius 1 is 1.20 bits per heavy atom. The summed E-state index contributed by atoms with van der Waals surface area (Å²) >= 11 is 0. The number of benzene rings is 1. The molecule has 3 saturated carbocycles. The lowest BCUT2D eigenvalue weighted by molar-refractivity contribution is 0.00942. The quantitative estimate of drug-likeness (QED) is 0.590. The Kier molecular flexibility index (Phi) is 5.16. The molecule has 2 bridgehead atoms. The molecule has 0 spiro atoms. The monoisotopic (exact) mass is 474 g/mol. The fourth-order valence-corrected chi connectivity index (χ4v) is 6.05. The molecule has 35 heavy (non-hydrogen) atoms. The van der Waals surface area contributed by atoms with Gasteiger partial charge < -0.3 is 10.0 Å². The zero-order valence-corrected chi connectivity index (χ0v) is 19.5. The number of rotatable bonds is 5. The minimum Gasteiger partial charge on any atom is -0.507 e. The Balaban J connectivity index is 1.26. The van der Waals surface area contributed by atoms with E-state index in [4.69, 9.17) is 5.26 Å². The van der Waals surface area contributed by atoms with Crippen molar-refractivity contribution in [3.63, 3.8) is 0 Å². The van der Waals surface area contributed by atoms with Crippen LogP contribution in [0.25, 0.3) is 17.1 Å². The number of aromatic hydroxyl groups is 1. The lowest BCUT2D eigenvalue weighted by Gasteiger charge is -2.51. The molecule has 0 aliphatic heterocycles. The summed E-state index contributed by atoms with van der Waals surface area (Å²) < 4.78 is 17.0. The van der Waals surface area contributed by atoms with Crippen LogP contribution in [-0.2, 0) is 0 Å². The largest absolute Gasteiger partial charge is 0.507 e. The third-order valence-electron chi connectivity index (χ3n) is 7.84. The van der Waals surface area contributed by atoms with Crippen molar-refractivity contribution >= 4 is 5.82 Å². The SMILES string of the molecule is C[C@]12CCC[C@H](C1)[C@H](F)[C@H](N(c1cnc(-c3ccc(-n4cc(C#N)nn4)cc3O)nn1)C1CC1)C2. The number of hydrogen-bond acceptors (Lipinski definition) is 8. The molecule has 4 atom stereocenters. The molecular weight excluding hydrogens is 447 g/mol. The number of phenols is 1. The van der Waals surface area contributed by atoms with Crippen molar-refractivity contribution in [3.05, 3.63) is 36.3 Å². The van der Waals surface area contributed by atoms with Gasteiger partial charge in [0.2, 0.25) is 0 Å². The van der Waals surface area contributed by atoms with E-state index in [1.807, 2.05) is 6.07 Å². The summed E-state index contributed by atoms with van der Waals surface area (Å²) in [7, 11) is 0. The topological polar surface area (TPSA) is 117 Å². The first-order valence-electron chi connectivity index (χ1n) is 12.2. The van der Waals surface area contributed by atoms with Gasteiger partial charge in [0.05, 0.1) is 29.7 Å². The molecule has 3 aliphatic rings. The Morgan fingerprint density at radius 2 is 2.06 bits per heavy atom. The van der Waals surface area contributed by atoms with Gasteiger partial charge in [-0.2, -0.15) is 5.26 Å². The molecule has 1 N–H and O–H groups in total. The van der Waals surface area contributed by atoms with E-state index in [9.17, 15) is 5.11 Å². The van der Waals surface area contributed by atoms with Gasteiger partial charge in [0.15, 0.2) is 17.3 Å². The molecule has 3 aliphatic carbocycles. The standard InChI is InChI=1S/C25H27FN8O/c1-25-8-2-3-15(10-25)23(26)20(11-25)34(17-4-5-17)22-13-28-24(31-30-22)19-7-6-18(9-21(19)35)33-14-16(12-27)29-32-33/h6-7,9,13-15,17,20,23,35H,2-5,8,10-11H2,1H3/t15-,20-,23+,25+/m1/s1. The van der Waals surface area contributed by atoms with E-state index in [1.165, 1.54) is 16.9 Å². The fraction of sp³-hybridized carbons (Fsp3) is 0.520. The van der Waals surface area contributed by atoms with Gasteiger partial charge in [0, 0.05) is 12.1 Å². The number of anilines is 1. The van der Waals surface area contributed by atoms with Crippen LogP contribution < -0.4 is 4.90 Å². The molecule has 6 rings (SSSR count). The highest BCUT2D eigenvalue weighted by atomic mass is 19.1. The average molecular weight is 475 g/mol.